The molecule has 0 spiro atoms. The average Bonchev–Trinajstić information content (AvgIpc) is 2.79. The summed E-state index contributed by atoms with van der Waals surface area (Å²) in [6.45, 7) is 4.36. The molecule has 0 aromatic heterocycles. The molecular weight excluding hydrogens is 395 g/mol. The fourth-order valence-electron chi connectivity index (χ4n) is 4.36. The summed E-state index contributed by atoms with van der Waals surface area (Å²) in [7, 11) is 0. The Labute approximate surface area is 155 Å². The van der Waals surface area contributed by atoms with Gasteiger partial charge >= 0.3 is 0 Å². The second-order valence-corrected chi connectivity index (χ2v) is 6.94. The molecule has 3 heteroatoms. The number of benzene rings is 2. The molecule has 1 saturated heterocycles. The summed E-state index contributed by atoms with van der Waals surface area (Å²) in [5, 5.41) is 9.85. The molecule has 0 N–H and O–H groups in total. The molecule has 118 valence electrons. The van der Waals surface area contributed by atoms with Crippen LogP contribution in [0, 0.1) is 11.3 Å². The molecule has 0 unspecified atom stereocenters. The van der Waals surface area contributed by atoms with Crippen LogP contribution in [0.2, 0.25) is 0 Å². The molecule has 23 heavy (non-hydrogen) atoms. The molecule has 3 aliphatic rings. The second-order valence-electron chi connectivity index (χ2n) is 6.94. The van der Waals surface area contributed by atoms with E-state index in [1.165, 1.54) is 16.7 Å². The first-order chi connectivity index (χ1) is 10.8. The maximum Gasteiger partial charge on any atom is 0.105 e. The molecule has 0 atom stereocenters. The van der Waals surface area contributed by atoms with Crippen molar-refractivity contribution >= 4 is 0 Å². The van der Waals surface area contributed by atoms with E-state index in [0.717, 1.165) is 43.5 Å². The van der Waals surface area contributed by atoms with Crippen molar-refractivity contribution in [3.63, 3.8) is 0 Å². The molecule has 2 aromatic carbocycles. The highest BCUT2D eigenvalue weighted by Crippen LogP contribution is 2.44. The van der Waals surface area contributed by atoms with Crippen molar-refractivity contribution in [2.24, 2.45) is 0 Å². The minimum absolute atomic E-state index is 0. The monoisotopic (exact) mass is 416 g/mol. The number of rotatable bonds is 2. The van der Waals surface area contributed by atoms with Crippen LogP contribution < -0.4 is 24.0 Å². The summed E-state index contributed by atoms with van der Waals surface area (Å²) in [4.78, 5) is 0. The molecule has 1 fully saturated rings. The largest absolute Gasteiger partial charge is 1.00 e. The maximum atomic E-state index is 9.85. The standard InChI is InChI=1S/C20H21N2.HI/c21-16-20-10-12-22(13-11-20,14-17-6-2-1-3-7-17)15-18-8-4-5-9-19(18)20;/h1-9H,10-15H2;1H/q+1;/p-1. The first-order valence-corrected chi connectivity index (χ1v) is 8.14. The molecule has 2 bridgehead atoms. The summed E-state index contributed by atoms with van der Waals surface area (Å²) in [6.07, 6.45) is 1.99. The lowest BCUT2D eigenvalue weighted by Gasteiger charge is -2.43. The van der Waals surface area contributed by atoms with Crippen molar-refractivity contribution in [3.8, 4) is 6.07 Å². The van der Waals surface area contributed by atoms with Gasteiger partial charge in [0.05, 0.1) is 24.6 Å². The van der Waals surface area contributed by atoms with Gasteiger partial charge in [-0.2, -0.15) is 5.26 Å². The Kier molecular flexibility index (Phi) is 4.48. The van der Waals surface area contributed by atoms with Gasteiger partial charge < -0.3 is 28.5 Å². The minimum atomic E-state index is -0.245. The Morgan fingerprint density at radius 1 is 0.957 bits per heavy atom. The third-order valence-corrected chi connectivity index (χ3v) is 5.64. The highest BCUT2D eigenvalue weighted by Gasteiger charge is 2.48. The Bertz CT molecular complexity index is 725. The number of halogens is 1. The zero-order chi connectivity index (χ0) is 15.0. The van der Waals surface area contributed by atoms with E-state index < -0.39 is 0 Å². The van der Waals surface area contributed by atoms with Gasteiger partial charge in [0.25, 0.3) is 0 Å². The van der Waals surface area contributed by atoms with E-state index in [2.05, 4.69) is 60.7 Å². The first-order valence-electron chi connectivity index (χ1n) is 8.14. The van der Waals surface area contributed by atoms with Crippen LogP contribution in [0.1, 0.15) is 29.5 Å². The van der Waals surface area contributed by atoms with Crippen molar-refractivity contribution in [1.82, 2.24) is 0 Å². The van der Waals surface area contributed by atoms with Gasteiger partial charge in [-0.1, -0.05) is 54.6 Å². The number of hydrogen-bond acceptors (Lipinski definition) is 1. The molecule has 2 aromatic rings. The van der Waals surface area contributed by atoms with Crippen LogP contribution >= 0.6 is 0 Å². The Morgan fingerprint density at radius 2 is 1.61 bits per heavy atom. The van der Waals surface area contributed by atoms with Crippen molar-refractivity contribution in [1.29, 1.82) is 5.26 Å². The predicted octanol–water partition coefficient (Wildman–Crippen LogP) is 0.776. The highest BCUT2D eigenvalue weighted by atomic mass is 127. The van der Waals surface area contributed by atoms with Gasteiger partial charge in [0.15, 0.2) is 0 Å². The lowest BCUT2D eigenvalue weighted by Crippen LogP contribution is -3.00. The summed E-state index contributed by atoms with van der Waals surface area (Å²) < 4.78 is 1.10. The summed E-state index contributed by atoms with van der Waals surface area (Å²) in [5.41, 5.74) is 3.84. The normalized spacial score (nSPS) is 28.1. The quantitative estimate of drug-likeness (QED) is 0.525. The zero-order valence-electron chi connectivity index (χ0n) is 13.2. The topological polar surface area (TPSA) is 23.8 Å². The lowest BCUT2D eigenvalue weighted by atomic mass is 9.74. The summed E-state index contributed by atoms with van der Waals surface area (Å²) >= 11 is 0. The van der Waals surface area contributed by atoms with Gasteiger partial charge in [0, 0.05) is 24.0 Å². The van der Waals surface area contributed by atoms with Gasteiger partial charge in [-0.3, -0.25) is 0 Å². The predicted molar refractivity (Wildman–Crippen MR) is 86.8 cm³/mol. The molecule has 3 aliphatic heterocycles. The van der Waals surface area contributed by atoms with Crippen LogP contribution in [0.3, 0.4) is 0 Å². The number of nitriles is 1. The molecular formula is C20H21IN2. The van der Waals surface area contributed by atoms with E-state index in [4.69, 9.17) is 0 Å². The van der Waals surface area contributed by atoms with Gasteiger partial charge in [0.2, 0.25) is 0 Å². The molecule has 0 amide bonds. The number of hydrogen-bond donors (Lipinski definition) is 0. The molecule has 5 rings (SSSR count). The molecule has 3 heterocycles. The zero-order valence-corrected chi connectivity index (χ0v) is 15.4. The van der Waals surface area contributed by atoms with Crippen LogP contribution in [0.5, 0.6) is 0 Å². The van der Waals surface area contributed by atoms with Gasteiger partial charge in [-0.05, 0) is 5.56 Å². The Hall–Kier alpha value is -1.38. The SMILES string of the molecule is N#CC12CC[N+](Cc3ccccc3)(CC1)Cc1ccccc12.[I-]. The van der Waals surface area contributed by atoms with Crippen molar-refractivity contribution < 1.29 is 28.5 Å². The van der Waals surface area contributed by atoms with Crippen molar-refractivity contribution in [2.45, 2.75) is 31.3 Å². The molecule has 0 radical (unpaired) electrons. The fourth-order valence-corrected chi connectivity index (χ4v) is 4.36. The number of piperidine rings is 1. The van der Waals surface area contributed by atoms with E-state index in [0.29, 0.717) is 0 Å². The second kappa shape index (κ2) is 6.26. The van der Waals surface area contributed by atoms with Crippen molar-refractivity contribution in [2.75, 3.05) is 13.1 Å². The number of nitrogens with zero attached hydrogens (tertiary/aromatic N) is 2. The minimum Gasteiger partial charge on any atom is -1.00 e. The number of fused-ring (bicyclic) bond motifs is 2. The van der Waals surface area contributed by atoms with Crippen molar-refractivity contribution in [3.05, 3.63) is 71.3 Å². The molecule has 0 aliphatic carbocycles. The summed E-state index contributed by atoms with van der Waals surface area (Å²) in [6, 6.07) is 22.1. The van der Waals surface area contributed by atoms with E-state index in [9.17, 15) is 5.26 Å². The lowest BCUT2D eigenvalue weighted by molar-refractivity contribution is -0.957. The maximum absolute atomic E-state index is 9.85. The van der Waals surface area contributed by atoms with Crippen LogP contribution in [-0.2, 0) is 18.5 Å². The van der Waals surface area contributed by atoms with Gasteiger partial charge in [-0.15, -0.1) is 0 Å². The first kappa shape index (κ1) is 16.5. The van der Waals surface area contributed by atoms with Gasteiger partial charge in [-0.25, -0.2) is 0 Å². The Balaban J connectivity index is 0.00000156. The average molecular weight is 416 g/mol. The smallest absolute Gasteiger partial charge is 0.105 e. The van der Waals surface area contributed by atoms with E-state index in [1.807, 2.05) is 0 Å². The molecule has 2 nitrogen and oxygen atoms in total. The number of quaternary nitrogens is 1. The third kappa shape index (κ3) is 2.79. The van der Waals surface area contributed by atoms with Crippen LogP contribution in [0.15, 0.2) is 54.6 Å². The fraction of sp³-hybridized carbons (Fsp3) is 0.350. The van der Waals surface area contributed by atoms with E-state index in [-0.39, 0.29) is 29.4 Å². The van der Waals surface area contributed by atoms with E-state index in [1.54, 1.807) is 0 Å². The summed E-state index contributed by atoms with van der Waals surface area (Å²) in [5.74, 6) is 0. The third-order valence-electron chi connectivity index (χ3n) is 5.64. The van der Waals surface area contributed by atoms with Crippen LogP contribution in [0.25, 0.3) is 0 Å². The van der Waals surface area contributed by atoms with Crippen LogP contribution in [-0.4, -0.2) is 17.6 Å². The van der Waals surface area contributed by atoms with Gasteiger partial charge in [0.1, 0.15) is 13.1 Å². The Morgan fingerprint density at radius 3 is 2.30 bits per heavy atom. The van der Waals surface area contributed by atoms with Crippen LogP contribution in [0.4, 0.5) is 0 Å². The van der Waals surface area contributed by atoms with E-state index >= 15 is 0 Å². The molecule has 0 saturated carbocycles. The highest BCUT2D eigenvalue weighted by molar-refractivity contribution is 5.40.